The van der Waals surface area contributed by atoms with Crippen LogP contribution in [0, 0.1) is 0 Å². The lowest BCUT2D eigenvalue weighted by Gasteiger charge is -2.22. The minimum Gasteiger partial charge on any atom is -0.492 e. The average Bonchev–Trinajstić information content (AvgIpc) is 3.27. The first-order valence-corrected chi connectivity index (χ1v) is 14.1. The van der Waals surface area contributed by atoms with Gasteiger partial charge in [0.1, 0.15) is 29.7 Å². The summed E-state index contributed by atoms with van der Waals surface area (Å²) in [7, 11) is 1.26. The highest BCUT2D eigenvalue weighted by Gasteiger charge is 2.25. The van der Waals surface area contributed by atoms with Crippen molar-refractivity contribution in [1.29, 1.82) is 0 Å². The van der Waals surface area contributed by atoms with Gasteiger partial charge >= 0.3 is 16.9 Å². The highest BCUT2D eigenvalue weighted by Crippen LogP contribution is 2.22. The zero-order valence-electron chi connectivity index (χ0n) is 23.8. The maximum absolute atomic E-state index is 12.8. The second-order valence-corrected chi connectivity index (χ2v) is 11.4. The molecule has 1 amide bonds. The molecule has 0 saturated heterocycles. The van der Waals surface area contributed by atoms with Crippen molar-refractivity contribution < 1.29 is 29.0 Å². The minimum absolute atomic E-state index is 0.116. The molecule has 0 aliphatic carbocycles. The lowest BCUT2D eigenvalue weighted by Crippen LogP contribution is -2.45. The lowest BCUT2D eigenvalue weighted by molar-refractivity contribution is -0.143. The normalized spacial score (nSPS) is 12.5. The molecular weight excluding hydrogens is 558 g/mol. The van der Waals surface area contributed by atoms with E-state index in [9.17, 15) is 19.6 Å². The molecule has 1 unspecified atom stereocenters. The molecule has 0 fully saturated rings. The van der Waals surface area contributed by atoms with Crippen LogP contribution < -0.4 is 14.9 Å². The Kier molecular flexibility index (Phi) is 9.64. The third kappa shape index (κ3) is 7.76. The van der Waals surface area contributed by atoms with Crippen LogP contribution in [0.1, 0.15) is 37.5 Å². The molecule has 4 rings (SSSR count). The number of carbonyl (C=O) groups is 2. The molecule has 2 N–H and O–H groups in total. The van der Waals surface area contributed by atoms with Crippen molar-refractivity contribution in [3.8, 4) is 5.75 Å². The molecule has 3 aromatic carbocycles. The number of rotatable bonds is 10. The van der Waals surface area contributed by atoms with Gasteiger partial charge in [0.15, 0.2) is 0 Å². The van der Waals surface area contributed by atoms with Gasteiger partial charge in [-0.1, -0.05) is 65.0 Å². The monoisotopic (exact) mass is 591 g/mol. The number of methoxy groups -OCH3 is 1. The van der Waals surface area contributed by atoms with Crippen LogP contribution in [0.3, 0.4) is 0 Å². The number of oxime groups is 1. The van der Waals surface area contributed by atoms with Gasteiger partial charge in [0.05, 0.1) is 23.9 Å². The van der Waals surface area contributed by atoms with Gasteiger partial charge in [-0.2, -0.15) is 0 Å². The summed E-state index contributed by atoms with van der Waals surface area (Å²) in [5, 5.41) is 15.7. The SMILES string of the molecule is COC(=O)C(Cc1ccc(OCCn2c(=O)sc3cc(C(=NO)c4ccccc4)ccc32)cc1)NC(=O)OC(C)(C)C. The molecular formula is C31H33N3O7S. The van der Waals surface area contributed by atoms with Gasteiger partial charge in [0, 0.05) is 17.5 Å². The van der Waals surface area contributed by atoms with Crippen LogP contribution >= 0.6 is 11.3 Å². The van der Waals surface area contributed by atoms with E-state index in [4.69, 9.17) is 14.2 Å². The molecule has 0 bridgehead atoms. The Morgan fingerprint density at radius 2 is 1.74 bits per heavy atom. The average molecular weight is 592 g/mol. The van der Waals surface area contributed by atoms with Crippen LogP contribution in [0.5, 0.6) is 5.75 Å². The number of carbonyl (C=O) groups excluding carboxylic acids is 2. The van der Waals surface area contributed by atoms with Crippen molar-refractivity contribution in [2.75, 3.05) is 13.7 Å². The molecule has 220 valence electrons. The standard InChI is InChI=1S/C31H33N3O7S/c1-31(2,3)41-29(36)32-24(28(35)39-4)18-20-10-13-23(14-11-20)40-17-16-34-25-15-12-22(19-26(25)42-30(34)37)27(33-38)21-8-6-5-7-9-21/h5-15,19,24,38H,16-18H2,1-4H3,(H,32,36). The van der Waals surface area contributed by atoms with E-state index in [1.165, 1.54) is 7.11 Å². The Morgan fingerprint density at radius 1 is 1.02 bits per heavy atom. The van der Waals surface area contributed by atoms with Crippen molar-refractivity contribution in [3.05, 3.63) is 99.2 Å². The van der Waals surface area contributed by atoms with E-state index in [-0.39, 0.29) is 17.9 Å². The Balaban J connectivity index is 1.38. The summed E-state index contributed by atoms with van der Waals surface area (Å²) in [6.45, 7) is 5.81. The fourth-order valence-electron chi connectivity index (χ4n) is 4.30. The first-order chi connectivity index (χ1) is 20.1. The Bertz CT molecular complexity index is 1620. The molecule has 1 heterocycles. The van der Waals surface area contributed by atoms with E-state index in [0.29, 0.717) is 23.6 Å². The Morgan fingerprint density at radius 3 is 2.38 bits per heavy atom. The van der Waals surface area contributed by atoms with E-state index >= 15 is 0 Å². The zero-order chi connectivity index (χ0) is 30.3. The van der Waals surface area contributed by atoms with E-state index in [1.54, 1.807) is 49.6 Å². The van der Waals surface area contributed by atoms with Crippen molar-refractivity contribution in [3.63, 3.8) is 0 Å². The molecule has 10 nitrogen and oxygen atoms in total. The summed E-state index contributed by atoms with van der Waals surface area (Å²) in [6.07, 6.45) is -0.499. The first-order valence-electron chi connectivity index (χ1n) is 13.3. The van der Waals surface area contributed by atoms with Crippen molar-refractivity contribution in [2.24, 2.45) is 5.16 Å². The minimum atomic E-state index is -0.914. The molecule has 4 aromatic rings. The van der Waals surface area contributed by atoms with Crippen LogP contribution in [0.15, 0.2) is 82.7 Å². The van der Waals surface area contributed by atoms with Gasteiger partial charge in [0.2, 0.25) is 0 Å². The Labute approximate surface area is 247 Å². The fourth-order valence-corrected chi connectivity index (χ4v) is 5.26. The number of hydrogen-bond acceptors (Lipinski definition) is 9. The molecule has 0 saturated carbocycles. The Hall–Kier alpha value is -4.64. The van der Waals surface area contributed by atoms with Crippen LogP contribution in [-0.4, -0.2) is 52.9 Å². The van der Waals surface area contributed by atoms with Crippen LogP contribution in [0.2, 0.25) is 0 Å². The highest BCUT2D eigenvalue weighted by molar-refractivity contribution is 7.16. The maximum atomic E-state index is 12.8. The van der Waals surface area contributed by atoms with E-state index < -0.39 is 23.7 Å². The van der Waals surface area contributed by atoms with Gasteiger partial charge < -0.3 is 24.7 Å². The van der Waals surface area contributed by atoms with Gasteiger partial charge in [-0.05, 0) is 50.6 Å². The molecule has 0 aliphatic heterocycles. The number of amides is 1. The van der Waals surface area contributed by atoms with Gasteiger partial charge in [-0.15, -0.1) is 0 Å². The number of esters is 1. The van der Waals surface area contributed by atoms with Crippen molar-refractivity contribution in [2.45, 2.75) is 45.4 Å². The van der Waals surface area contributed by atoms with Crippen molar-refractivity contribution >= 4 is 39.3 Å². The number of nitrogens with one attached hydrogen (secondary N) is 1. The molecule has 42 heavy (non-hydrogen) atoms. The molecule has 0 aliphatic rings. The van der Waals surface area contributed by atoms with E-state index in [1.807, 2.05) is 48.5 Å². The molecule has 0 spiro atoms. The molecule has 11 heteroatoms. The number of alkyl carbamates (subject to hydrolysis) is 1. The topological polar surface area (TPSA) is 128 Å². The van der Waals surface area contributed by atoms with Gasteiger partial charge in [-0.25, -0.2) is 9.59 Å². The molecule has 0 radical (unpaired) electrons. The summed E-state index contributed by atoms with van der Waals surface area (Å²) in [6, 6.07) is 21.0. The predicted molar refractivity (Wildman–Crippen MR) is 161 cm³/mol. The highest BCUT2D eigenvalue weighted by atomic mass is 32.1. The maximum Gasteiger partial charge on any atom is 0.408 e. The van der Waals surface area contributed by atoms with Crippen LogP contribution in [0.4, 0.5) is 4.79 Å². The van der Waals surface area contributed by atoms with Crippen molar-refractivity contribution in [1.82, 2.24) is 9.88 Å². The number of thiazole rings is 1. The third-order valence-corrected chi connectivity index (χ3v) is 7.15. The van der Waals surface area contributed by atoms with E-state index in [2.05, 4.69) is 10.5 Å². The number of benzene rings is 3. The second kappa shape index (κ2) is 13.3. The number of fused-ring (bicyclic) bond motifs is 1. The summed E-state index contributed by atoms with van der Waals surface area (Å²) < 4.78 is 18.4. The summed E-state index contributed by atoms with van der Waals surface area (Å²) in [5.41, 5.74) is 2.75. The largest absolute Gasteiger partial charge is 0.492 e. The molecule has 1 atom stereocenters. The first kappa shape index (κ1) is 30.3. The zero-order valence-corrected chi connectivity index (χ0v) is 24.6. The smallest absolute Gasteiger partial charge is 0.408 e. The number of ether oxygens (including phenoxy) is 3. The lowest BCUT2D eigenvalue weighted by atomic mass is 10.0. The molecule has 1 aromatic heterocycles. The van der Waals surface area contributed by atoms with Gasteiger partial charge in [-0.3, -0.25) is 9.36 Å². The van der Waals surface area contributed by atoms with E-state index in [0.717, 1.165) is 32.7 Å². The van der Waals surface area contributed by atoms with Gasteiger partial charge in [0.25, 0.3) is 0 Å². The van der Waals surface area contributed by atoms with Crippen LogP contribution in [-0.2, 0) is 27.2 Å². The second-order valence-electron chi connectivity index (χ2n) is 10.4. The summed E-state index contributed by atoms with van der Waals surface area (Å²) >= 11 is 1.12. The van der Waals surface area contributed by atoms with Crippen LogP contribution in [0.25, 0.3) is 10.2 Å². The third-order valence-electron chi connectivity index (χ3n) is 6.21. The predicted octanol–water partition coefficient (Wildman–Crippen LogP) is 4.98. The summed E-state index contributed by atoms with van der Waals surface area (Å²) in [4.78, 5) is 37.0. The fraction of sp³-hybridized carbons (Fsp3) is 0.290. The number of nitrogens with zero attached hydrogens (tertiary/aromatic N) is 2. The number of hydrogen-bond donors (Lipinski definition) is 2. The summed E-state index contributed by atoms with van der Waals surface area (Å²) in [5.74, 6) is 0.0108. The quantitative estimate of drug-likeness (QED) is 0.115. The number of aromatic nitrogens is 1.